The molecule has 4 nitrogen and oxygen atoms in total. The largest absolute Gasteiger partial charge is 0.309 e. The Bertz CT molecular complexity index is 2790. The molecule has 214 valence electrons. The summed E-state index contributed by atoms with van der Waals surface area (Å²) < 4.78 is 4.41. The summed E-state index contributed by atoms with van der Waals surface area (Å²) in [6, 6.07) is 53.9. The van der Waals surface area contributed by atoms with Crippen LogP contribution in [0.4, 0.5) is 0 Å². The Morgan fingerprint density at radius 1 is 0.413 bits per heavy atom. The lowest BCUT2D eigenvalue weighted by Gasteiger charge is -2.14. The van der Waals surface area contributed by atoms with Crippen molar-refractivity contribution in [3.05, 3.63) is 158 Å². The molecule has 6 aromatic carbocycles. The van der Waals surface area contributed by atoms with Gasteiger partial charge in [-0.3, -0.25) is 0 Å². The summed E-state index contributed by atoms with van der Waals surface area (Å²) in [6.07, 6.45) is 2.12. The van der Waals surface area contributed by atoms with Crippen LogP contribution in [0.2, 0.25) is 0 Å². The second kappa shape index (κ2) is 9.62. The molecule has 4 heteroatoms. The molecule has 0 amide bonds. The lowest BCUT2D eigenvalue weighted by atomic mass is 9.96. The van der Waals surface area contributed by atoms with Crippen molar-refractivity contribution in [3.63, 3.8) is 0 Å². The zero-order valence-corrected chi connectivity index (χ0v) is 24.8. The summed E-state index contributed by atoms with van der Waals surface area (Å²) in [5.74, 6) is 0. The highest BCUT2D eigenvalue weighted by Gasteiger charge is 2.19. The molecule has 4 heterocycles. The second-order valence-electron chi connectivity index (χ2n) is 11.9. The van der Waals surface area contributed by atoms with Gasteiger partial charge >= 0.3 is 0 Å². The monoisotopic (exact) mass is 586 g/mol. The van der Waals surface area contributed by atoms with Crippen LogP contribution >= 0.6 is 0 Å². The van der Waals surface area contributed by atoms with Crippen molar-refractivity contribution in [1.82, 2.24) is 19.2 Å². The van der Waals surface area contributed by atoms with Crippen LogP contribution in [0.3, 0.4) is 0 Å². The SMILES string of the molecule is c1ccc(-n2c3ccccc3c3ccc4c(-c5ccc(-c6ccc7c8ccccc8nn7c6)cc5)nc5ccccc5c4c32)cc1. The molecule has 4 aromatic heterocycles. The summed E-state index contributed by atoms with van der Waals surface area (Å²) in [5, 5.41) is 12.0. The molecule has 0 saturated heterocycles. The van der Waals surface area contributed by atoms with Crippen LogP contribution in [0, 0.1) is 0 Å². The van der Waals surface area contributed by atoms with Crippen LogP contribution in [0.5, 0.6) is 0 Å². The zero-order chi connectivity index (χ0) is 30.2. The topological polar surface area (TPSA) is 35.1 Å². The maximum Gasteiger partial charge on any atom is 0.0933 e. The standard InChI is InChI=1S/C42H26N4/c1-2-10-30(11-3-1)46-39-17-9-6-12-31(39)32-23-24-35-40(42(32)46)34-14-5-7-15-36(34)43-41(35)28-20-18-27(19-21-28)29-22-25-38-33-13-4-8-16-37(33)44-45(38)26-29/h1-26H. The fourth-order valence-electron chi connectivity index (χ4n) is 7.23. The summed E-state index contributed by atoms with van der Waals surface area (Å²) in [7, 11) is 0. The van der Waals surface area contributed by atoms with E-state index in [1.54, 1.807) is 0 Å². The second-order valence-corrected chi connectivity index (χ2v) is 11.9. The van der Waals surface area contributed by atoms with Gasteiger partial charge in [0.15, 0.2) is 0 Å². The van der Waals surface area contributed by atoms with Crippen LogP contribution < -0.4 is 0 Å². The average Bonchev–Trinajstić information content (AvgIpc) is 3.67. The molecule has 0 unspecified atom stereocenters. The van der Waals surface area contributed by atoms with Crippen molar-refractivity contribution in [2.24, 2.45) is 0 Å². The van der Waals surface area contributed by atoms with Gasteiger partial charge in [-0.25, -0.2) is 9.50 Å². The Morgan fingerprint density at radius 2 is 1.07 bits per heavy atom. The maximum absolute atomic E-state index is 5.28. The van der Waals surface area contributed by atoms with Gasteiger partial charge in [-0.2, -0.15) is 5.10 Å². The molecule has 0 radical (unpaired) electrons. The maximum atomic E-state index is 5.28. The Kier molecular flexibility index (Phi) is 5.25. The van der Waals surface area contributed by atoms with Gasteiger partial charge in [-0.05, 0) is 42.0 Å². The average molecular weight is 587 g/mol. The Balaban J connectivity index is 1.20. The third-order valence-electron chi connectivity index (χ3n) is 9.33. The van der Waals surface area contributed by atoms with E-state index in [4.69, 9.17) is 10.1 Å². The van der Waals surface area contributed by atoms with Gasteiger partial charge in [0.25, 0.3) is 0 Å². The number of hydrogen-bond acceptors (Lipinski definition) is 2. The van der Waals surface area contributed by atoms with Crippen molar-refractivity contribution >= 4 is 59.9 Å². The molecular formula is C42H26N4. The third kappa shape index (κ3) is 3.61. The molecule has 0 saturated carbocycles. The number of para-hydroxylation sites is 3. The van der Waals surface area contributed by atoms with E-state index < -0.39 is 0 Å². The zero-order valence-electron chi connectivity index (χ0n) is 24.8. The van der Waals surface area contributed by atoms with E-state index in [1.807, 2.05) is 10.6 Å². The van der Waals surface area contributed by atoms with Gasteiger partial charge in [-0.15, -0.1) is 0 Å². The minimum absolute atomic E-state index is 0.987. The normalized spacial score (nSPS) is 11.9. The summed E-state index contributed by atoms with van der Waals surface area (Å²) >= 11 is 0. The van der Waals surface area contributed by atoms with Crippen molar-refractivity contribution in [2.75, 3.05) is 0 Å². The quantitative estimate of drug-likeness (QED) is 0.193. The molecule has 0 aliphatic heterocycles. The summed E-state index contributed by atoms with van der Waals surface area (Å²) in [5.41, 5.74) is 11.0. The van der Waals surface area contributed by atoms with Crippen molar-refractivity contribution < 1.29 is 0 Å². The molecule has 10 rings (SSSR count). The van der Waals surface area contributed by atoms with Crippen molar-refractivity contribution in [2.45, 2.75) is 0 Å². The van der Waals surface area contributed by atoms with E-state index >= 15 is 0 Å². The molecular weight excluding hydrogens is 560 g/mol. The molecule has 46 heavy (non-hydrogen) atoms. The molecule has 0 bridgehead atoms. The first kappa shape index (κ1) is 25.1. The first-order valence-electron chi connectivity index (χ1n) is 15.6. The fraction of sp³-hybridized carbons (Fsp3) is 0. The van der Waals surface area contributed by atoms with Gasteiger partial charge < -0.3 is 4.57 Å². The van der Waals surface area contributed by atoms with E-state index in [1.165, 1.54) is 32.6 Å². The number of hydrogen-bond donors (Lipinski definition) is 0. The van der Waals surface area contributed by atoms with Crippen molar-refractivity contribution in [1.29, 1.82) is 0 Å². The van der Waals surface area contributed by atoms with E-state index in [0.29, 0.717) is 0 Å². The van der Waals surface area contributed by atoms with Gasteiger partial charge in [0, 0.05) is 55.3 Å². The van der Waals surface area contributed by atoms with E-state index in [9.17, 15) is 0 Å². The lowest BCUT2D eigenvalue weighted by Crippen LogP contribution is -1.96. The first-order valence-corrected chi connectivity index (χ1v) is 15.6. The highest BCUT2D eigenvalue weighted by molar-refractivity contribution is 6.26. The number of rotatable bonds is 3. The Labute approximate surface area is 264 Å². The van der Waals surface area contributed by atoms with E-state index in [0.717, 1.165) is 55.4 Å². The number of pyridine rings is 2. The first-order chi connectivity index (χ1) is 22.8. The predicted molar refractivity (Wildman–Crippen MR) is 191 cm³/mol. The van der Waals surface area contributed by atoms with Crippen LogP contribution in [0.15, 0.2) is 158 Å². The van der Waals surface area contributed by atoms with E-state index in [2.05, 4.69) is 156 Å². The third-order valence-corrected chi connectivity index (χ3v) is 9.33. The van der Waals surface area contributed by atoms with Crippen molar-refractivity contribution in [3.8, 4) is 28.1 Å². The highest BCUT2D eigenvalue weighted by atomic mass is 15.2. The predicted octanol–water partition coefficient (Wildman–Crippen LogP) is 10.6. The summed E-state index contributed by atoms with van der Waals surface area (Å²) in [6.45, 7) is 0. The minimum Gasteiger partial charge on any atom is -0.309 e. The summed E-state index contributed by atoms with van der Waals surface area (Å²) in [4.78, 5) is 5.28. The van der Waals surface area contributed by atoms with Gasteiger partial charge in [0.2, 0.25) is 0 Å². The number of fused-ring (bicyclic) bond motifs is 10. The van der Waals surface area contributed by atoms with Gasteiger partial charge in [0.1, 0.15) is 0 Å². The molecule has 0 N–H and O–H groups in total. The Hall–Kier alpha value is -6.26. The smallest absolute Gasteiger partial charge is 0.0933 e. The lowest BCUT2D eigenvalue weighted by molar-refractivity contribution is 0.983. The molecule has 0 aliphatic carbocycles. The van der Waals surface area contributed by atoms with Crippen LogP contribution in [-0.2, 0) is 0 Å². The van der Waals surface area contributed by atoms with E-state index in [-0.39, 0.29) is 0 Å². The molecule has 0 spiro atoms. The number of aromatic nitrogens is 4. The van der Waals surface area contributed by atoms with Crippen LogP contribution in [0.1, 0.15) is 0 Å². The molecule has 0 atom stereocenters. The van der Waals surface area contributed by atoms with Crippen LogP contribution in [-0.4, -0.2) is 19.2 Å². The Morgan fingerprint density at radius 3 is 1.91 bits per heavy atom. The fourth-order valence-corrected chi connectivity index (χ4v) is 7.23. The molecule has 0 fully saturated rings. The minimum atomic E-state index is 0.987. The molecule has 0 aliphatic rings. The van der Waals surface area contributed by atoms with Gasteiger partial charge in [0.05, 0.1) is 33.3 Å². The number of nitrogens with zero attached hydrogens (tertiary/aromatic N) is 4. The van der Waals surface area contributed by atoms with Crippen LogP contribution in [0.25, 0.3) is 88.0 Å². The molecule has 10 aromatic rings. The highest BCUT2D eigenvalue weighted by Crippen LogP contribution is 2.42. The van der Waals surface area contributed by atoms with Gasteiger partial charge in [-0.1, -0.05) is 115 Å². The number of benzene rings is 6.